The van der Waals surface area contributed by atoms with Gasteiger partial charge in [-0.2, -0.15) is 0 Å². The van der Waals surface area contributed by atoms with Gasteiger partial charge in [-0.25, -0.2) is 0 Å². The van der Waals surface area contributed by atoms with Gasteiger partial charge in [-0.1, -0.05) is 6.92 Å². The Labute approximate surface area is 80.4 Å². The molecule has 0 aromatic carbocycles. The third kappa shape index (κ3) is 6.58. The minimum Gasteiger partial charge on any atom is -0.434 e. The van der Waals surface area contributed by atoms with E-state index in [1.165, 1.54) is 0 Å². The van der Waals surface area contributed by atoms with Crippen LogP contribution in [-0.4, -0.2) is 17.4 Å². The van der Waals surface area contributed by atoms with Crippen LogP contribution < -0.4 is 0 Å². The lowest BCUT2D eigenvalue weighted by molar-refractivity contribution is -0.248. The zero-order valence-corrected chi connectivity index (χ0v) is 9.43. The molecular formula is C10H20O3. The average Bonchev–Trinajstić information content (AvgIpc) is 1.80. The molecule has 3 heteroatoms. The highest BCUT2D eigenvalue weighted by atomic mass is 16.7. The van der Waals surface area contributed by atoms with E-state index in [0.717, 1.165) is 0 Å². The molecule has 0 aliphatic rings. The molecule has 0 spiro atoms. The monoisotopic (exact) mass is 188 g/mol. The summed E-state index contributed by atoms with van der Waals surface area (Å²) in [4.78, 5) is 11.0. The van der Waals surface area contributed by atoms with Crippen molar-refractivity contribution in [2.24, 2.45) is 0 Å². The van der Waals surface area contributed by atoms with Gasteiger partial charge in [0.25, 0.3) is 0 Å². The summed E-state index contributed by atoms with van der Waals surface area (Å²) in [6, 6.07) is 0. The second-order valence-corrected chi connectivity index (χ2v) is 4.44. The number of hydrogen-bond acceptors (Lipinski definition) is 3. The molecule has 3 nitrogen and oxygen atoms in total. The first-order chi connectivity index (χ1) is 5.66. The highest BCUT2D eigenvalue weighted by Crippen LogP contribution is 2.21. The van der Waals surface area contributed by atoms with Gasteiger partial charge in [-0.3, -0.25) is 4.79 Å². The molecule has 13 heavy (non-hydrogen) atoms. The Morgan fingerprint density at radius 1 is 1.15 bits per heavy atom. The predicted octanol–water partition coefficient (Wildman–Crippen LogP) is 2.49. The molecule has 0 rings (SSSR count). The SMILES string of the molecule is CCC(=O)OC(C)(C)OC(C)(C)C. The first-order valence-corrected chi connectivity index (χ1v) is 4.58. The van der Waals surface area contributed by atoms with Gasteiger partial charge >= 0.3 is 5.97 Å². The number of carbonyl (C=O) groups is 1. The average molecular weight is 188 g/mol. The number of ether oxygens (including phenoxy) is 2. The topological polar surface area (TPSA) is 35.5 Å². The third-order valence-electron chi connectivity index (χ3n) is 1.20. The van der Waals surface area contributed by atoms with Crippen LogP contribution in [0.2, 0.25) is 0 Å². The van der Waals surface area contributed by atoms with Crippen molar-refractivity contribution in [2.45, 2.75) is 59.4 Å². The Bertz CT molecular complexity index is 177. The molecule has 0 aliphatic heterocycles. The Kier molecular flexibility index (Phi) is 3.91. The van der Waals surface area contributed by atoms with Crippen molar-refractivity contribution in [3.8, 4) is 0 Å². The zero-order chi connectivity index (χ0) is 10.7. The summed E-state index contributed by atoms with van der Waals surface area (Å²) in [6.45, 7) is 11.0. The van der Waals surface area contributed by atoms with Gasteiger partial charge in [0.1, 0.15) is 0 Å². The van der Waals surface area contributed by atoms with Gasteiger partial charge in [-0.05, 0) is 20.8 Å². The van der Waals surface area contributed by atoms with Crippen LogP contribution in [-0.2, 0) is 14.3 Å². The number of carbonyl (C=O) groups excluding carboxylic acids is 1. The fourth-order valence-electron chi connectivity index (χ4n) is 1.10. The number of esters is 1. The standard InChI is InChI=1S/C10H20O3/c1-7-8(11)12-10(5,6)13-9(2,3)4/h7H2,1-6H3. The minimum absolute atomic E-state index is 0.241. The highest BCUT2D eigenvalue weighted by Gasteiger charge is 2.28. The number of hydrogen-bond donors (Lipinski definition) is 0. The van der Waals surface area contributed by atoms with E-state index < -0.39 is 5.79 Å². The van der Waals surface area contributed by atoms with Crippen LogP contribution in [0.4, 0.5) is 0 Å². The molecule has 0 N–H and O–H groups in total. The maximum atomic E-state index is 11.0. The molecule has 0 atom stereocenters. The first-order valence-electron chi connectivity index (χ1n) is 4.58. The summed E-state index contributed by atoms with van der Waals surface area (Å²) in [7, 11) is 0. The van der Waals surface area contributed by atoms with Gasteiger partial charge in [0.15, 0.2) is 0 Å². The lowest BCUT2D eigenvalue weighted by Gasteiger charge is -2.32. The maximum Gasteiger partial charge on any atom is 0.307 e. The predicted molar refractivity (Wildman–Crippen MR) is 51.3 cm³/mol. The first kappa shape index (κ1) is 12.4. The van der Waals surface area contributed by atoms with Crippen molar-refractivity contribution in [1.82, 2.24) is 0 Å². The molecule has 0 aromatic heterocycles. The second-order valence-electron chi connectivity index (χ2n) is 4.44. The highest BCUT2D eigenvalue weighted by molar-refractivity contribution is 5.69. The minimum atomic E-state index is -0.842. The van der Waals surface area contributed by atoms with Crippen LogP contribution in [0.15, 0.2) is 0 Å². The van der Waals surface area contributed by atoms with Crippen molar-refractivity contribution >= 4 is 5.97 Å². The van der Waals surface area contributed by atoms with Crippen molar-refractivity contribution in [2.75, 3.05) is 0 Å². The molecule has 0 heterocycles. The van der Waals surface area contributed by atoms with E-state index in [9.17, 15) is 4.79 Å². The van der Waals surface area contributed by atoms with Gasteiger partial charge in [0, 0.05) is 20.3 Å². The number of rotatable bonds is 3. The van der Waals surface area contributed by atoms with E-state index in [1.54, 1.807) is 20.8 Å². The smallest absolute Gasteiger partial charge is 0.307 e. The summed E-state index contributed by atoms with van der Waals surface area (Å²) < 4.78 is 10.7. The van der Waals surface area contributed by atoms with Gasteiger partial charge in [-0.15, -0.1) is 0 Å². The summed E-state index contributed by atoms with van der Waals surface area (Å²) in [5, 5.41) is 0. The largest absolute Gasteiger partial charge is 0.434 e. The van der Waals surface area contributed by atoms with Gasteiger partial charge in [0.05, 0.1) is 5.60 Å². The van der Waals surface area contributed by atoms with Gasteiger partial charge in [0.2, 0.25) is 5.79 Å². The molecule has 0 unspecified atom stereocenters. The Balaban J connectivity index is 4.16. The van der Waals surface area contributed by atoms with Crippen molar-refractivity contribution in [3.63, 3.8) is 0 Å². The van der Waals surface area contributed by atoms with E-state index >= 15 is 0 Å². The molecular weight excluding hydrogens is 168 g/mol. The van der Waals surface area contributed by atoms with Crippen molar-refractivity contribution in [3.05, 3.63) is 0 Å². The summed E-state index contributed by atoms with van der Waals surface area (Å²) in [5.74, 6) is -1.08. The quantitative estimate of drug-likeness (QED) is 0.504. The van der Waals surface area contributed by atoms with E-state index in [0.29, 0.717) is 6.42 Å². The molecule has 0 amide bonds. The van der Waals surface area contributed by atoms with Crippen molar-refractivity contribution in [1.29, 1.82) is 0 Å². The van der Waals surface area contributed by atoms with Crippen LogP contribution in [0, 0.1) is 0 Å². The molecule has 0 fully saturated rings. The summed E-state index contributed by atoms with van der Waals surface area (Å²) in [5.41, 5.74) is -0.308. The molecule has 0 saturated carbocycles. The van der Waals surface area contributed by atoms with Crippen LogP contribution in [0.3, 0.4) is 0 Å². The maximum absolute atomic E-state index is 11.0. The summed E-state index contributed by atoms with van der Waals surface area (Å²) >= 11 is 0. The molecule has 0 bridgehead atoms. The molecule has 0 aliphatic carbocycles. The van der Waals surface area contributed by atoms with Crippen LogP contribution in [0.25, 0.3) is 0 Å². The van der Waals surface area contributed by atoms with Crippen LogP contribution >= 0.6 is 0 Å². The summed E-state index contributed by atoms with van der Waals surface area (Å²) in [6.07, 6.45) is 0.372. The van der Waals surface area contributed by atoms with E-state index in [2.05, 4.69) is 0 Å². The van der Waals surface area contributed by atoms with Gasteiger partial charge < -0.3 is 9.47 Å². The van der Waals surface area contributed by atoms with E-state index in [1.807, 2.05) is 20.8 Å². The fraction of sp³-hybridized carbons (Fsp3) is 0.900. The molecule has 0 saturated heterocycles. The van der Waals surface area contributed by atoms with E-state index in [-0.39, 0.29) is 11.6 Å². The molecule has 78 valence electrons. The molecule has 0 aromatic rings. The lowest BCUT2D eigenvalue weighted by Crippen LogP contribution is -2.38. The molecule has 0 radical (unpaired) electrons. The van der Waals surface area contributed by atoms with Crippen LogP contribution in [0.5, 0.6) is 0 Å². The second kappa shape index (κ2) is 4.09. The van der Waals surface area contributed by atoms with Crippen molar-refractivity contribution < 1.29 is 14.3 Å². The lowest BCUT2D eigenvalue weighted by atomic mass is 10.2. The van der Waals surface area contributed by atoms with Crippen LogP contribution in [0.1, 0.15) is 48.0 Å². The fourth-order valence-corrected chi connectivity index (χ4v) is 1.10. The Hall–Kier alpha value is -0.570. The third-order valence-corrected chi connectivity index (χ3v) is 1.20. The zero-order valence-electron chi connectivity index (χ0n) is 9.43. The Morgan fingerprint density at radius 2 is 1.62 bits per heavy atom. The normalized spacial score (nSPS) is 12.8. The van der Waals surface area contributed by atoms with E-state index in [4.69, 9.17) is 9.47 Å². The Morgan fingerprint density at radius 3 is 1.92 bits per heavy atom.